The number of nitrogens with zero attached hydrogens (tertiary/aromatic N) is 1. The summed E-state index contributed by atoms with van der Waals surface area (Å²) >= 11 is 1.43. The highest BCUT2D eigenvalue weighted by atomic mass is 32.1. The van der Waals surface area contributed by atoms with Crippen LogP contribution in [0.15, 0.2) is 29.6 Å². The van der Waals surface area contributed by atoms with Crippen LogP contribution in [0.3, 0.4) is 0 Å². The molecule has 1 heterocycles. The second-order valence-electron chi connectivity index (χ2n) is 6.65. The zero-order valence-electron chi connectivity index (χ0n) is 14.5. The van der Waals surface area contributed by atoms with Gasteiger partial charge in [-0.15, -0.1) is 11.3 Å². The molecule has 1 saturated carbocycles. The van der Waals surface area contributed by atoms with Crippen molar-refractivity contribution in [2.24, 2.45) is 5.92 Å². The molecule has 1 aliphatic carbocycles. The van der Waals surface area contributed by atoms with Crippen molar-refractivity contribution in [1.82, 2.24) is 10.3 Å². The van der Waals surface area contributed by atoms with E-state index >= 15 is 0 Å². The molecule has 4 N–H and O–H groups in total. The maximum atomic E-state index is 12.0. The van der Waals surface area contributed by atoms with Crippen molar-refractivity contribution >= 4 is 28.1 Å². The van der Waals surface area contributed by atoms with E-state index in [0.29, 0.717) is 11.6 Å². The van der Waals surface area contributed by atoms with Crippen LogP contribution in [0.1, 0.15) is 38.5 Å². The highest BCUT2D eigenvalue weighted by Gasteiger charge is 2.12. The van der Waals surface area contributed by atoms with E-state index in [1.165, 1.54) is 43.4 Å². The third kappa shape index (κ3) is 5.54. The first-order valence-electron chi connectivity index (χ1n) is 9.03. The largest absolute Gasteiger partial charge is 0.375 e. The lowest BCUT2D eigenvalue weighted by Gasteiger charge is -2.21. The van der Waals surface area contributed by atoms with E-state index in [4.69, 9.17) is 5.73 Å². The molecule has 1 aliphatic rings. The third-order valence-corrected chi connectivity index (χ3v) is 5.35. The average Bonchev–Trinajstić information content (AvgIpc) is 3.07. The summed E-state index contributed by atoms with van der Waals surface area (Å²) in [6.45, 7) is 1.78. The topological polar surface area (TPSA) is 80.0 Å². The first kappa shape index (κ1) is 17.9. The molecule has 1 fully saturated rings. The number of nitrogen functional groups attached to an aromatic ring is 1. The smallest absolute Gasteiger partial charge is 0.225 e. The molecule has 1 aromatic heterocycles. The van der Waals surface area contributed by atoms with E-state index in [1.54, 1.807) is 0 Å². The Labute approximate surface area is 153 Å². The molecule has 0 spiro atoms. The van der Waals surface area contributed by atoms with Crippen LogP contribution in [0.5, 0.6) is 0 Å². The Kier molecular flexibility index (Phi) is 6.42. The van der Waals surface area contributed by atoms with Gasteiger partial charge in [0, 0.05) is 29.6 Å². The SMILES string of the molecule is Nc1nc(-c2ccc(NC(=O)CCNCC3CCCCC3)cc2)cs1. The first-order valence-corrected chi connectivity index (χ1v) is 9.90. The molecular weight excluding hydrogens is 332 g/mol. The number of carbonyl (C=O) groups excluding carboxylic acids is 1. The van der Waals surface area contributed by atoms with E-state index in [9.17, 15) is 4.79 Å². The van der Waals surface area contributed by atoms with Crippen LogP contribution in [0.25, 0.3) is 11.3 Å². The minimum absolute atomic E-state index is 0.0433. The molecule has 0 atom stereocenters. The lowest BCUT2D eigenvalue weighted by Crippen LogP contribution is -2.27. The summed E-state index contributed by atoms with van der Waals surface area (Å²) < 4.78 is 0. The molecule has 0 aliphatic heterocycles. The minimum Gasteiger partial charge on any atom is -0.375 e. The Morgan fingerprint density at radius 1 is 1.20 bits per heavy atom. The van der Waals surface area contributed by atoms with Crippen molar-refractivity contribution < 1.29 is 4.79 Å². The van der Waals surface area contributed by atoms with Gasteiger partial charge in [-0.05, 0) is 37.4 Å². The van der Waals surface area contributed by atoms with Crippen LogP contribution in [-0.2, 0) is 4.79 Å². The highest BCUT2D eigenvalue weighted by molar-refractivity contribution is 7.13. The molecule has 3 rings (SSSR count). The zero-order chi connectivity index (χ0) is 17.5. The Balaban J connectivity index is 1.38. The number of nitrogens with one attached hydrogen (secondary N) is 2. The second kappa shape index (κ2) is 8.97. The maximum absolute atomic E-state index is 12.0. The predicted octanol–water partition coefficient (Wildman–Crippen LogP) is 3.89. The third-order valence-electron chi connectivity index (χ3n) is 4.67. The summed E-state index contributed by atoms with van der Waals surface area (Å²) in [5.74, 6) is 0.839. The molecule has 2 aromatic rings. The molecule has 5 nitrogen and oxygen atoms in total. The fourth-order valence-corrected chi connectivity index (χ4v) is 3.84. The van der Waals surface area contributed by atoms with Crippen LogP contribution in [0.2, 0.25) is 0 Å². The van der Waals surface area contributed by atoms with Gasteiger partial charge in [0.2, 0.25) is 5.91 Å². The minimum atomic E-state index is 0.0433. The van der Waals surface area contributed by atoms with Gasteiger partial charge in [-0.1, -0.05) is 31.4 Å². The number of amides is 1. The van der Waals surface area contributed by atoms with Crippen LogP contribution < -0.4 is 16.4 Å². The zero-order valence-corrected chi connectivity index (χ0v) is 15.3. The van der Waals surface area contributed by atoms with Crippen LogP contribution in [-0.4, -0.2) is 24.0 Å². The molecule has 0 unspecified atom stereocenters. The number of rotatable bonds is 7. The number of nitrogens with two attached hydrogens (primary N) is 1. The summed E-state index contributed by atoms with van der Waals surface area (Å²) in [6, 6.07) is 7.70. The summed E-state index contributed by atoms with van der Waals surface area (Å²) in [5, 5.41) is 8.86. The average molecular weight is 359 g/mol. The Morgan fingerprint density at radius 3 is 2.64 bits per heavy atom. The summed E-state index contributed by atoms with van der Waals surface area (Å²) in [6.07, 6.45) is 7.25. The van der Waals surface area contributed by atoms with Gasteiger partial charge in [-0.2, -0.15) is 0 Å². The van der Waals surface area contributed by atoms with Crippen LogP contribution >= 0.6 is 11.3 Å². The van der Waals surface area contributed by atoms with E-state index in [0.717, 1.165) is 36.0 Å². The lowest BCUT2D eigenvalue weighted by atomic mass is 9.89. The lowest BCUT2D eigenvalue weighted by molar-refractivity contribution is -0.116. The molecule has 25 heavy (non-hydrogen) atoms. The molecule has 0 saturated heterocycles. The van der Waals surface area contributed by atoms with Crippen molar-refractivity contribution in [3.05, 3.63) is 29.6 Å². The normalized spacial score (nSPS) is 15.2. The Morgan fingerprint density at radius 2 is 1.96 bits per heavy atom. The Hall–Kier alpha value is -1.92. The summed E-state index contributed by atoms with van der Waals surface area (Å²) in [5.41, 5.74) is 8.34. The van der Waals surface area contributed by atoms with Gasteiger partial charge < -0.3 is 16.4 Å². The number of aromatic nitrogens is 1. The molecule has 134 valence electrons. The molecule has 0 radical (unpaired) electrons. The van der Waals surface area contributed by atoms with Gasteiger partial charge in [0.1, 0.15) is 0 Å². The second-order valence-corrected chi connectivity index (χ2v) is 7.54. The summed E-state index contributed by atoms with van der Waals surface area (Å²) in [4.78, 5) is 16.3. The van der Waals surface area contributed by atoms with Gasteiger partial charge in [-0.3, -0.25) is 4.79 Å². The van der Waals surface area contributed by atoms with Crippen molar-refractivity contribution in [3.63, 3.8) is 0 Å². The van der Waals surface area contributed by atoms with Gasteiger partial charge in [0.25, 0.3) is 0 Å². The van der Waals surface area contributed by atoms with Gasteiger partial charge in [-0.25, -0.2) is 4.98 Å². The van der Waals surface area contributed by atoms with E-state index in [2.05, 4.69) is 15.6 Å². The maximum Gasteiger partial charge on any atom is 0.225 e. The number of benzene rings is 1. The van der Waals surface area contributed by atoms with Crippen molar-refractivity contribution in [3.8, 4) is 11.3 Å². The monoisotopic (exact) mass is 358 g/mol. The van der Waals surface area contributed by atoms with Crippen LogP contribution in [0, 0.1) is 5.92 Å². The fraction of sp³-hybridized carbons (Fsp3) is 0.474. The quantitative estimate of drug-likeness (QED) is 0.656. The van der Waals surface area contributed by atoms with Crippen molar-refractivity contribution in [2.75, 3.05) is 24.1 Å². The van der Waals surface area contributed by atoms with Crippen molar-refractivity contribution in [1.29, 1.82) is 0 Å². The molecular formula is C19H26N4OS. The van der Waals surface area contributed by atoms with E-state index in [-0.39, 0.29) is 5.91 Å². The number of carbonyl (C=O) groups is 1. The predicted molar refractivity (Wildman–Crippen MR) is 105 cm³/mol. The van der Waals surface area contributed by atoms with Gasteiger partial charge in [0.05, 0.1) is 5.69 Å². The van der Waals surface area contributed by atoms with E-state index < -0.39 is 0 Å². The van der Waals surface area contributed by atoms with Crippen molar-refractivity contribution in [2.45, 2.75) is 38.5 Å². The highest BCUT2D eigenvalue weighted by Crippen LogP contribution is 2.24. The summed E-state index contributed by atoms with van der Waals surface area (Å²) in [7, 11) is 0. The Bertz CT molecular complexity index is 677. The molecule has 6 heteroatoms. The molecule has 0 bridgehead atoms. The molecule has 1 amide bonds. The number of thiazole rings is 1. The molecule has 1 aromatic carbocycles. The number of hydrogen-bond donors (Lipinski definition) is 3. The number of hydrogen-bond acceptors (Lipinski definition) is 5. The number of anilines is 2. The first-order chi connectivity index (χ1) is 12.2. The fourth-order valence-electron chi connectivity index (χ4n) is 3.27. The van der Waals surface area contributed by atoms with E-state index in [1.807, 2.05) is 29.6 Å². The van der Waals surface area contributed by atoms with Crippen LogP contribution in [0.4, 0.5) is 10.8 Å². The standard InChI is InChI=1S/C19H26N4OS/c20-19-23-17(13-25-19)15-6-8-16(9-7-15)22-18(24)10-11-21-12-14-4-2-1-3-5-14/h6-9,13-14,21H,1-5,10-12H2,(H2,20,23)(H,22,24). The van der Waals surface area contributed by atoms with Gasteiger partial charge >= 0.3 is 0 Å². The van der Waals surface area contributed by atoms with Gasteiger partial charge in [0.15, 0.2) is 5.13 Å².